The van der Waals surface area contributed by atoms with Gasteiger partial charge in [0.1, 0.15) is 80.8 Å². The Hall–Kier alpha value is -13.5. The van der Waals surface area contributed by atoms with Gasteiger partial charge in [0.25, 0.3) is 23.6 Å². The number of aromatic hydroxyl groups is 1. The van der Waals surface area contributed by atoms with E-state index in [1.54, 1.807) is 97.9 Å². The Labute approximate surface area is 720 Å². The summed E-state index contributed by atoms with van der Waals surface area (Å²) in [6.07, 6.45) is -20.5. The van der Waals surface area contributed by atoms with Gasteiger partial charge in [-0.15, -0.1) is 0 Å². The van der Waals surface area contributed by atoms with Gasteiger partial charge in [-0.25, -0.2) is 0 Å². The maximum atomic E-state index is 12.8. The van der Waals surface area contributed by atoms with Crippen LogP contribution in [0, 0.1) is 0 Å². The number of allylic oxidation sites excluding steroid dienone is 1. The van der Waals surface area contributed by atoms with Crippen LogP contribution in [0.15, 0.2) is 128 Å². The summed E-state index contributed by atoms with van der Waals surface area (Å²) < 4.78 is 101. The van der Waals surface area contributed by atoms with Gasteiger partial charge in [0.05, 0.1) is 11.3 Å². The largest absolute Gasteiger partial charge is 0.507 e. The summed E-state index contributed by atoms with van der Waals surface area (Å²) in [5.74, 6) is -12.4. The number of benzene rings is 4. The molecule has 0 aromatic heterocycles. The number of esters is 14. The summed E-state index contributed by atoms with van der Waals surface area (Å²) in [6, 6.07) is 25.3. The number of hydrogen-bond donors (Lipinski definition) is 6. The monoisotopic (exact) mass is 1780 g/mol. The zero-order valence-corrected chi connectivity index (χ0v) is 71.1. The average Bonchev–Trinajstić information content (AvgIpc) is 0.789. The highest BCUT2D eigenvalue weighted by Crippen LogP contribution is 2.34. The fourth-order valence-corrected chi connectivity index (χ4v) is 12.4. The number of aliphatic hydroxyl groups is 1. The number of nitrogens with one attached hydrogen (secondary N) is 4. The first-order chi connectivity index (χ1) is 59.3. The van der Waals surface area contributed by atoms with Gasteiger partial charge in [-0.3, -0.25) is 86.3 Å². The van der Waals surface area contributed by atoms with Gasteiger partial charge >= 0.3 is 83.6 Å². The van der Waals surface area contributed by atoms with Crippen LogP contribution in [0.1, 0.15) is 145 Å². The molecule has 4 fully saturated rings. The Morgan fingerprint density at radius 1 is 0.278 bits per heavy atom. The van der Waals surface area contributed by atoms with E-state index < -0.39 is 236 Å². The average molecular weight is 1780 g/mol. The molecule has 4 aromatic carbocycles. The number of phenolic OH excluding ortho intramolecular Hbond substituents is 1. The van der Waals surface area contributed by atoms with E-state index in [1.165, 1.54) is 58.9 Å². The molecular weight excluding hydrogens is 1680 g/mol. The molecular formula is C83H100N4O39. The van der Waals surface area contributed by atoms with Crippen molar-refractivity contribution in [3.63, 3.8) is 0 Å². The molecule has 0 radical (unpaired) electrons. The molecule has 20 atom stereocenters. The molecule has 8 rings (SSSR count). The van der Waals surface area contributed by atoms with Crippen molar-refractivity contribution in [3.05, 3.63) is 150 Å². The number of carbonyl (C=O) groups is 18. The molecule has 0 spiro atoms. The minimum Gasteiger partial charge on any atom is -0.507 e. The highest BCUT2D eigenvalue weighted by atomic mass is 16.8. The second-order valence-electron chi connectivity index (χ2n) is 27.6. The Balaban J connectivity index is 0.000000298. The topological polar surface area (TPSA) is 571 Å². The summed E-state index contributed by atoms with van der Waals surface area (Å²) in [5.41, 5.74) is 0.801. The predicted octanol–water partition coefficient (Wildman–Crippen LogP) is 2.12. The molecule has 126 heavy (non-hydrogen) atoms. The Morgan fingerprint density at radius 3 is 0.754 bits per heavy atom. The van der Waals surface area contributed by atoms with Gasteiger partial charge in [-0.2, -0.15) is 0 Å². The van der Waals surface area contributed by atoms with Crippen LogP contribution in [0.3, 0.4) is 0 Å². The summed E-state index contributed by atoms with van der Waals surface area (Å²) in [5, 5.41) is 30.8. The quantitative estimate of drug-likeness (QED) is 0.0269. The molecule has 4 aliphatic heterocycles. The predicted molar refractivity (Wildman–Crippen MR) is 420 cm³/mol. The fraction of sp³-hybridized carbons (Fsp3) is 0.470. The van der Waals surface area contributed by atoms with Crippen molar-refractivity contribution in [2.75, 3.05) is 26.4 Å². The van der Waals surface area contributed by atoms with Crippen molar-refractivity contribution in [1.82, 2.24) is 21.3 Å². The highest BCUT2D eigenvalue weighted by Gasteiger charge is 2.57. The van der Waals surface area contributed by atoms with Crippen LogP contribution in [0.5, 0.6) is 5.75 Å². The second kappa shape index (κ2) is 50.3. The molecule has 0 saturated carbocycles. The van der Waals surface area contributed by atoms with Crippen molar-refractivity contribution >= 4 is 107 Å². The lowest BCUT2D eigenvalue weighted by molar-refractivity contribution is -0.270. The molecule has 686 valence electrons. The van der Waals surface area contributed by atoms with E-state index in [1.807, 2.05) is 0 Å². The van der Waals surface area contributed by atoms with Gasteiger partial charge in [-0.05, 0) is 55.5 Å². The van der Waals surface area contributed by atoms with Crippen LogP contribution >= 0.6 is 0 Å². The molecule has 4 aliphatic rings. The minimum atomic E-state index is -1.63. The van der Waals surface area contributed by atoms with Crippen molar-refractivity contribution in [2.45, 2.75) is 226 Å². The molecule has 4 heterocycles. The molecule has 4 amide bonds. The number of hydrogen-bond acceptors (Lipinski definition) is 39. The van der Waals surface area contributed by atoms with Crippen LogP contribution in [0.25, 0.3) is 0 Å². The minimum absolute atomic E-state index is 0.119. The molecule has 0 aliphatic carbocycles. The third-order valence-corrected chi connectivity index (χ3v) is 17.2. The summed E-state index contributed by atoms with van der Waals surface area (Å²) in [7, 11) is 0. The van der Waals surface area contributed by atoms with Crippen LogP contribution < -0.4 is 21.3 Å². The van der Waals surface area contributed by atoms with Crippen molar-refractivity contribution in [2.24, 2.45) is 0 Å². The van der Waals surface area contributed by atoms with E-state index in [-0.39, 0.29) is 42.5 Å². The van der Waals surface area contributed by atoms with Crippen molar-refractivity contribution in [3.8, 4) is 5.75 Å². The fourth-order valence-electron chi connectivity index (χ4n) is 12.4. The van der Waals surface area contributed by atoms with E-state index in [9.17, 15) is 96.5 Å². The van der Waals surface area contributed by atoms with E-state index in [4.69, 9.17) is 90.0 Å². The molecule has 6 N–H and O–H groups in total. The first-order valence-electron chi connectivity index (χ1n) is 38.4. The number of para-hydroxylation sites is 1. The summed E-state index contributed by atoms with van der Waals surface area (Å²) >= 11 is 0. The van der Waals surface area contributed by atoms with Gasteiger partial charge in [-0.1, -0.05) is 73.3 Å². The van der Waals surface area contributed by atoms with E-state index in [2.05, 4.69) is 27.8 Å². The number of amides is 4. The Kier molecular flexibility index (Phi) is 41.1. The lowest BCUT2D eigenvalue weighted by atomic mass is 9.95. The van der Waals surface area contributed by atoms with Crippen molar-refractivity contribution in [1.29, 1.82) is 0 Å². The molecule has 17 unspecified atom stereocenters. The third-order valence-electron chi connectivity index (χ3n) is 17.2. The van der Waals surface area contributed by atoms with Crippen LogP contribution in [-0.4, -0.2) is 266 Å². The number of phenols is 1. The van der Waals surface area contributed by atoms with Gasteiger partial charge in [0.15, 0.2) is 55.1 Å². The third kappa shape index (κ3) is 34.0. The number of rotatable bonds is 28. The van der Waals surface area contributed by atoms with Gasteiger partial charge in [0, 0.05) is 114 Å². The maximum Gasteiger partial charge on any atom is 0.305 e. The summed E-state index contributed by atoms with van der Waals surface area (Å²) in [4.78, 5) is 213. The highest BCUT2D eigenvalue weighted by molar-refractivity contribution is 5.97. The van der Waals surface area contributed by atoms with E-state index in [0.717, 1.165) is 62.3 Å². The first-order valence-corrected chi connectivity index (χ1v) is 38.4. The molecule has 0 bridgehead atoms. The van der Waals surface area contributed by atoms with Crippen molar-refractivity contribution < 1.29 is 187 Å². The van der Waals surface area contributed by atoms with E-state index in [0.29, 0.717) is 11.1 Å². The zero-order valence-electron chi connectivity index (χ0n) is 71.1. The standard InChI is InChI=1S/C22H27NO9.C21H25NO11.C21H25NO10.C19H23NO9/c1-12(2)29-22-18(23-21(27)16-9-7-6-8-10-16)20(31-15(5)26)19(30-14(4)25)17(32-22)11-28-13(3)24;1-10(23)29-9-16-18(30-11(2)24)19(31-12(3)25)17(21(33-16)32-13(4)26)22-20(28)14-7-5-6-8-15(14)27;1-11(23)28-10-16-18(29-12(2)24)19(30-13(3)25)17(21(32-16)31-14(4)26)22-20(27)15-8-6-5-7-9-15;1-10(21)26-9-14-16(27-11(2)22)17(28-12(3)23)15(19(25)29-14)20-18(24)13-7-5-4-6-8-13/h6-10,17-20,22H,1,11H2,2-5H3,(H,23,27);5-8,16-19,21,27H,9H2,1-4H3,(H,22,28);5-9,16-19,21H,10H2,1-4H3,(H,22,27);4-8,14-17,19,25H,9H2,1-3H3,(H,20,24)/t17?,18-,19-,20+,22?;;;/m0.../s1. The van der Waals surface area contributed by atoms with Gasteiger partial charge in [0.2, 0.25) is 18.9 Å². The van der Waals surface area contributed by atoms with Crippen LogP contribution in [0.2, 0.25) is 0 Å². The van der Waals surface area contributed by atoms with E-state index >= 15 is 0 Å². The zero-order chi connectivity index (χ0) is 93.9. The summed E-state index contributed by atoms with van der Waals surface area (Å²) in [6.45, 7) is 19.7. The Bertz CT molecular complexity index is 4350. The smallest absolute Gasteiger partial charge is 0.305 e. The molecule has 43 heteroatoms. The van der Waals surface area contributed by atoms with Gasteiger partial charge < -0.3 is 121 Å². The molecule has 4 saturated heterocycles. The normalized spacial score (nSPS) is 24.8. The lowest BCUT2D eigenvalue weighted by Crippen LogP contribution is -2.67. The van der Waals surface area contributed by atoms with Crippen LogP contribution in [0.4, 0.5) is 0 Å². The SMILES string of the molecule is C=C(C)OC1OC(COC(C)=O)[C@H](OC(C)=O)[C@H](OC(C)=O)[C@@H]1NC(=O)c1ccccc1.CC(=O)OCC1OC(O)C(NC(=O)c2ccccc2)C(OC(C)=O)C1OC(C)=O.CC(=O)OCC1OC(OC(C)=O)C(NC(=O)c2ccccc2)C(OC(C)=O)C1OC(C)=O.CC(=O)OCC1OC(OC(C)=O)C(NC(=O)c2ccccc2O)C(OC(C)=O)C1OC(C)=O. The Morgan fingerprint density at radius 2 is 0.500 bits per heavy atom. The first kappa shape index (κ1) is 103. The number of ether oxygens (including phenoxy) is 19. The second-order valence-corrected chi connectivity index (χ2v) is 27.6. The number of aliphatic hydroxyl groups excluding tert-OH is 1. The lowest BCUT2D eigenvalue weighted by Gasteiger charge is -2.44. The molecule has 4 aromatic rings. The van der Waals surface area contributed by atoms with Crippen LogP contribution in [-0.2, 0) is 157 Å². The molecule has 43 nitrogen and oxygen atoms in total. The number of carbonyl (C=O) groups excluding carboxylic acids is 18. The maximum absolute atomic E-state index is 12.8.